The molecule has 0 saturated carbocycles. The van der Waals surface area contributed by atoms with Gasteiger partial charge in [-0.25, -0.2) is 4.79 Å². The maximum absolute atomic E-state index is 11.7. The van der Waals surface area contributed by atoms with Crippen molar-refractivity contribution < 1.29 is 9.53 Å². The summed E-state index contributed by atoms with van der Waals surface area (Å²) in [6.07, 6.45) is 8.70. The van der Waals surface area contributed by atoms with E-state index < -0.39 is 5.72 Å². The van der Waals surface area contributed by atoms with Gasteiger partial charge >= 0.3 is 6.09 Å². The number of nitrogens with two attached hydrogens (primary N) is 1. The Labute approximate surface area is 198 Å². The molecule has 1 aliphatic carbocycles. The summed E-state index contributed by atoms with van der Waals surface area (Å²) in [6, 6.07) is 10.6. The van der Waals surface area contributed by atoms with E-state index in [0.29, 0.717) is 19.6 Å². The van der Waals surface area contributed by atoms with Gasteiger partial charge in [0, 0.05) is 58.9 Å². The van der Waals surface area contributed by atoms with Crippen molar-refractivity contribution in [3.05, 3.63) is 59.7 Å². The van der Waals surface area contributed by atoms with Crippen LogP contribution in [0.5, 0.6) is 0 Å². The molecule has 7 nitrogen and oxygen atoms in total. The van der Waals surface area contributed by atoms with Crippen molar-refractivity contribution in [3.63, 3.8) is 0 Å². The van der Waals surface area contributed by atoms with Gasteiger partial charge in [-0.15, -0.1) is 0 Å². The summed E-state index contributed by atoms with van der Waals surface area (Å²) in [4.78, 5) is 18.5. The first-order valence-corrected chi connectivity index (χ1v) is 12.2. The van der Waals surface area contributed by atoms with E-state index in [1.54, 1.807) is 4.90 Å². The van der Waals surface area contributed by atoms with Crippen molar-refractivity contribution in [2.45, 2.75) is 44.5 Å². The van der Waals surface area contributed by atoms with Crippen molar-refractivity contribution in [2.75, 3.05) is 52.4 Å². The van der Waals surface area contributed by atoms with Crippen molar-refractivity contribution in [2.24, 2.45) is 5.73 Å². The Morgan fingerprint density at radius 3 is 2.45 bits per heavy atom. The number of nitrogens with one attached hydrogen (secondary N) is 1. The Hall–Kier alpha value is -2.19. The largest absolute Gasteiger partial charge is 0.423 e. The van der Waals surface area contributed by atoms with Gasteiger partial charge < -0.3 is 15.8 Å². The van der Waals surface area contributed by atoms with E-state index in [4.69, 9.17) is 10.5 Å². The van der Waals surface area contributed by atoms with Crippen LogP contribution in [0.4, 0.5) is 4.79 Å². The predicted octanol–water partition coefficient (Wildman–Crippen LogP) is 2.56. The zero-order chi connectivity index (χ0) is 23.3. The highest BCUT2D eigenvalue weighted by Crippen LogP contribution is 2.27. The van der Waals surface area contributed by atoms with Crippen LogP contribution in [0.2, 0.25) is 0 Å². The second kappa shape index (κ2) is 10.4. The average Bonchev–Trinajstić information content (AvgIpc) is 2.93. The molecule has 3 aliphatic rings. The molecule has 7 heteroatoms. The fourth-order valence-electron chi connectivity index (χ4n) is 5.07. The molecule has 2 heterocycles. The predicted molar refractivity (Wildman–Crippen MR) is 132 cm³/mol. The summed E-state index contributed by atoms with van der Waals surface area (Å²) in [7, 11) is 0. The minimum Gasteiger partial charge on any atom is -0.423 e. The molecule has 2 saturated heterocycles. The number of hydrogen-bond acceptors (Lipinski definition) is 6. The van der Waals surface area contributed by atoms with Crippen LogP contribution < -0.4 is 11.1 Å². The molecule has 0 aromatic heterocycles. The van der Waals surface area contributed by atoms with E-state index in [9.17, 15) is 4.79 Å². The second-order valence-electron chi connectivity index (χ2n) is 10.2. The number of cyclic esters (lactones) is 1. The Bertz CT molecular complexity index is 869. The lowest BCUT2D eigenvalue weighted by atomic mass is 9.98. The number of rotatable bonds is 9. The van der Waals surface area contributed by atoms with Gasteiger partial charge in [0.1, 0.15) is 0 Å². The number of nitrogens with zero attached hydrogens (tertiary/aromatic N) is 3. The van der Waals surface area contributed by atoms with Gasteiger partial charge in [0.15, 0.2) is 5.72 Å². The number of amides is 1. The summed E-state index contributed by atoms with van der Waals surface area (Å²) in [5.74, 6) is 0. The molecule has 2 fully saturated rings. The Morgan fingerprint density at radius 1 is 1.09 bits per heavy atom. The molecule has 1 atom stereocenters. The third-order valence-electron chi connectivity index (χ3n) is 6.78. The van der Waals surface area contributed by atoms with Crippen molar-refractivity contribution in [1.82, 2.24) is 20.0 Å². The Balaban J connectivity index is 1.37. The first kappa shape index (κ1) is 24.0. The lowest BCUT2D eigenvalue weighted by Gasteiger charge is -2.46. The highest BCUT2D eigenvalue weighted by Gasteiger charge is 2.45. The number of hydrogen-bond donors (Lipinski definition) is 2. The van der Waals surface area contributed by atoms with Gasteiger partial charge in [-0.05, 0) is 32.3 Å². The number of carbonyl (C=O) groups excluding carboxylic acids is 1. The van der Waals surface area contributed by atoms with Gasteiger partial charge in [-0.3, -0.25) is 14.7 Å². The zero-order valence-corrected chi connectivity index (χ0v) is 20.1. The lowest BCUT2D eigenvalue weighted by Crippen LogP contribution is -2.64. The van der Waals surface area contributed by atoms with Crippen molar-refractivity contribution >= 4 is 6.09 Å². The fraction of sp³-hybridized carbons (Fsp3) is 0.577. The average molecular weight is 454 g/mol. The quantitative estimate of drug-likeness (QED) is 0.560. The van der Waals surface area contributed by atoms with E-state index >= 15 is 0 Å². The van der Waals surface area contributed by atoms with E-state index in [1.165, 1.54) is 11.1 Å². The summed E-state index contributed by atoms with van der Waals surface area (Å²) < 4.78 is 5.19. The minimum atomic E-state index is -0.507. The third-order valence-corrected chi connectivity index (χ3v) is 6.78. The van der Waals surface area contributed by atoms with Crippen LogP contribution >= 0.6 is 0 Å². The third kappa shape index (κ3) is 6.44. The van der Waals surface area contributed by atoms with E-state index in [2.05, 4.69) is 63.7 Å². The Kier molecular flexibility index (Phi) is 7.54. The molecule has 180 valence electrons. The van der Waals surface area contributed by atoms with Gasteiger partial charge in [-0.1, -0.05) is 54.1 Å². The van der Waals surface area contributed by atoms with Gasteiger partial charge in [0.05, 0.1) is 5.54 Å². The first-order valence-electron chi connectivity index (χ1n) is 12.2. The summed E-state index contributed by atoms with van der Waals surface area (Å²) >= 11 is 0. The SMILES string of the molecule is CC1(C)OC(=O)N1CCNCC1(N)CN(CC2=CC=CCC2)CCN(Cc2ccccc2)C1. The van der Waals surface area contributed by atoms with Crippen LogP contribution in [0.25, 0.3) is 0 Å². The minimum absolute atomic E-state index is 0.242. The highest BCUT2D eigenvalue weighted by molar-refractivity contribution is 5.74. The van der Waals surface area contributed by atoms with Crippen LogP contribution in [0, 0.1) is 0 Å². The topological polar surface area (TPSA) is 74.1 Å². The molecule has 3 N–H and O–H groups in total. The van der Waals surface area contributed by atoms with Crippen LogP contribution in [0.15, 0.2) is 54.1 Å². The molecule has 0 radical (unpaired) electrons. The second-order valence-corrected chi connectivity index (χ2v) is 10.2. The summed E-state index contributed by atoms with van der Waals surface area (Å²) in [6.45, 7) is 11.5. The molecule has 0 bridgehead atoms. The number of ether oxygens (including phenoxy) is 1. The summed E-state index contributed by atoms with van der Waals surface area (Å²) in [5, 5.41) is 3.54. The standard InChI is InChI=1S/C26H39N5O2/c1-25(2)31(24(32)33-25)14-13-28-19-26(27)20-29(17-22-9-5-3-6-10-22)15-16-30(21-26)18-23-11-7-4-8-12-23/h3-7,9-11,28H,8,12-21,27H2,1-2H3. The molecule has 33 heavy (non-hydrogen) atoms. The fourth-order valence-corrected chi connectivity index (χ4v) is 5.07. The molecule has 1 aromatic carbocycles. The molecule has 4 rings (SSSR count). The number of allylic oxidation sites excluding steroid dienone is 3. The van der Waals surface area contributed by atoms with E-state index in [1.807, 2.05) is 13.8 Å². The maximum Gasteiger partial charge on any atom is 0.415 e. The molecule has 1 unspecified atom stereocenters. The molecule has 1 amide bonds. The van der Waals surface area contributed by atoms with Crippen LogP contribution in [0.3, 0.4) is 0 Å². The van der Waals surface area contributed by atoms with Crippen molar-refractivity contribution in [3.8, 4) is 0 Å². The summed E-state index contributed by atoms with van der Waals surface area (Å²) in [5.41, 5.74) is 8.99. The number of carbonyl (C=O) groups is 1. The van der Waals surface area contributed by atoms with Gasteiger partial charge in [0.25, 0.3) is 0 Å². The maximum atomic E-state index is 11.7. The van der Waals surface area contributed by atoms with Gasteiger partial charge in [-0.2, -0.15) is 0 Å². The van der Waals surface area contributed by atoms with E-state index in [0.717, 1.165) is 52.1 Å². The Morgan fingerprint density at radius 2 is 1.82 bits per heavy atom. The normalized spacial score (nSPS) is 25.8. The zero-order valence-electron chi connectivity index (χ0n) is 20.1. The van der Waals surface area contributed by atoms with Crippen LogP contribution in [-0.2, 0) is 11.3 Å². The monoisotopic (exact) mass is 453 g/mol. The molecular weight excluding hydrogens is 414 g/mol. The lowest BCUT2D eigenvalue weighted by molar-refractivity contribution is -0.161. The van der Waals surface area contributed by atoms with Crippen LogP contribution in [0.1, 0.15) is 32.3 Å². The molecule has 2 aliphatic heterocycles. The number of benzene rings is 1. The smallest absolute Gasteiger partial charge is 0.415 e. The highest BCUT2D eigenvalue weighted by atomic mass is 16.6. The van der Waals surface area contributed by atoms with Gasteiger partial charge in [0.2, 0.25) is 0 Å². The van der Waals surface area contributed by atoms with E-state index in [-0.39, 0.29) is 11.6 Å². The van der Waals surface area contributed by atoms with Crippen molar-refractivity contribution in [1.29, 1.82) is 0 Å². The molecular formula is C26H39N5O2. The molecule has 1 aromatic rings. The molecule has 0 spiro atoms. The van der Waals surface area contributed by atoms with Crippen LogP contribution in [-0.4, -0.2) is 84.4 Å². The first-order chi connectivity index (χ1) is 15.8.